The van der Waals surface area contributed by atoms with E-state index in [4.69, 9.17) is 15.2 Å². The molecular formula is C27H31N5O2. The van der Waals surface area contributed by atoms with Gasteiger partial charge in [-0.3, -0.25) is 4.98 Å². The Kier molecular flexibility index (Phi) is 5.26. The number of aryl methyl sites for hydroxylation is 1. The van der Waals surface area contributed by atoms with Crippen LogP contribution < -0.4 is 5.73 Å². The summed E-state index contributed by atoms with van der Waals surface area (Å²) in [5, 5.41) is 2.10. The number of nitrogens with two attached hydrogens (primary N) is 1. The van der Waals surface area contributed by atoms with Crippen LogP contribution in [-0.2, 0) is 15.9 Å². The van der Waals surface area contributed by atoms with Gasteiger partial charge in [-0.1, -0.05) is 24.6 Å². The number of para-hydroxylation sites is 1. The zero-order chi connectivity index (χ0) is 23.3. The number of nitrogen functional groups attached to an aromatic ring is 1. The van der Waals surface area contributed by atoms with Crippen molar-refractivity contribution in [2.45, 2.75) is 70.0 Å². The second kappa shape index (κ2) is 8.32. The molecule has 0 unspecified atom stereocenters. The van der Waals surface area contributed by atoms with Gasteiger partial charge in [0.25, 0.3) is 0 Å². The molecule has 4 atom stereocenters. The highest BCUT2D eigenvalue weighted by Crippen LogP contribution is 2.49. The van der Waals surface area contributed by atoms with Crippen LogP contribution in [0.15, 0.2) is 55.1 Å². The van der Waals surface area contributed by atoms with Gasteiger partial charge in [0, 0.05) is 17.8 Å². The lowest BCUT2D eigenvalue weighted by Gasteiger charge is -2.24. The fraction of sp³-hybridized carbons (Fsp3) is 0.444. The largest absolute Gasteiger partial charge is 0.383 e. The molecule has 7 heteroatoms. The lowest BCUT2D eigenvalue weighted by molar-refractivity contribution is -0.160. The van der Waals surface area contributed by atoms with Crippen LogP contribution in [0, 0.1) is 5.92 Å². The number of hydrogen-bond acceptors (Lipinski definition) is 6. The van der Waals surface area contributed by atoms with E-state index in [9.17, 15) is 0 Å². The summed E-state index contributed by atoms with van der Waals surface area (Å²) in [6.07, 6.45) is 11.2. The Balaban J connectivity index is 1.15. The van der Waals surface area contributed by atoms with Crippen molar-refractivity contribution in [3.8, 4) is 0 Å². The molecule has 0 bridgehead atoms. The predicted molar refractivity (Wildman–Crippen MR) is 132 cm³/mol. The number of anilines is 1. The van der Waals surface area contributed by atoms with E-state index < -0.39 is 5.79 Å². The van der Waals surface area contributed by atoms with Crippen molar-refractivity contribution in [1.29, 1.82) is 0 Å². The third kappa shape index (κ3) is 3.83. The van der Waals surface area contributed by atoms with Gasteiger partial charge in [0.1, 0.15) is 23.9 Å². The third-order valence-electron chi connectivity index (χ3n) is 7.39. The minimum atomic E-state index is -0.569. The molecule has 1 aromatic carbocycles. The van der Waals surface area contributed by atoms with E-state index in [-0.39, 0.29) is 18.2 Å². The average Bonchev–Trinajstić information content (AvgIpc) is 3.48. The molecule has 176 valence electrons. The number of hydrogen-bond donors (Lipinski definition) is 1. The molecule has 2 aliphatic rings. The number of pyridine rings is 1. The van der Waals surface area contributed by atoms with Crippen molar-refractivity contribution in [1.82, 2.24) is 19.5 Å². The van der Waals surface area contributed by atoms with Gasteiger partial charge in [-0.2, -0.15) is 0 Å². The van der Waals surface area contributed by atoms with Crippen molar-refractivity contribution in [3.05, 3.63) is 60.7 Å². The maximum absolute atomic E-state index is 6.41. The fourth-order valence-electron chi connectivity index (χ4n) is 5.86. The van der Waals surface area contributed by atoms with Gasteiger partial charge >= 0.3 is 0 Å². The summed E-state index contributed by atoms with van der Waals surface area (Å²) in [6.45, 7) is 4.03. The molecule has 4 aromatic rings. The molecule has 1 aliphatic heterocycles. The summed E-state index contributed by atoms with van der Waals surface area (Å²) in [5.74, 6) is 0.394. The van der Waals surface area contributed by atoms with Gasteiger partial charge in [-0.25, -0.2) is 9.97 Å². The van der Waals surface area contributed by atoms with Gasteiger partial charge < -0.3 is 19.8 Å². The number of fused-ring (bicyclic) bond motifs is 3. The monoisotopic (exact) mass is 457 g/mol. The zero-order valence-electron chi connectivity index (χ0n) is 19.7. The maximum Gasteiger partial charge on any atom is 0.163 e. The van der Waals surface area contributed by atoms with E-state index in [1.807, 2.05) is 32.2 Å². The highest BCUT2D eigenvalue weighted by atomic mass is 16.8. The lowest BCUT2D eigenvalue weighted by Crippen LogP contribution is -2.27. The molecule has 6 rings (SSSR count). The van der Waals surface area contributed by atoms with Crippen LogP contribution in [0.25, 0.3) is 21.9 Å². The highest BCUT2D eigenvalue weighted by Gasteiger charge is 2.54. The number of ether oxygens (including phenoxy) is 2. The molecule has 3 aromatic heterocycles. The van der Waals surface area contributed by atoms with Gasteiger partial charge in [-0.05, 0) is 69.2 Å². The summed E-state index contributed by atoms with van der Waals surface area (Å²) in [4.78, 5) is 13.3. The smallest absolute Gasteiger partial charge is 0.163 e. The molecule has 0 amide bonds. The Hall–Kier alpha value is -3.03. The zero-order valence-corrected chi connectivity index (χ0v) is 19.7. The standard InChI is InChI=1S/C27H31N5O2/c1-27(2)33-23-19(9-4-3-7-17-13-18-8-5-6-10-21(18)29-15-17)14-22(24(23)34-27)32-12-11-20-25(28)30-16-31-26(20)32/h5-6,8,10-13,15-16,19,22-24H,3-4,7,9,14H2,1-2H3,(H2,28,30,31)/t19-,22+,23+,24-/m0/s1. The van der Waals surface area contributed by atoms with Crippen LogP contribution in [0.3, 0.4) is 0 Å². The van der Waals surface area contributed by atoms with E-state index in [2.05, 4.69) is 50.0 Å². The molecule has 4 heterocycles. The molecule has 34 heavy (non-hydrogen) atoms. The van der Waals surface area contributed by atoms with E-state index in [0.717, 1.165) is 48.7 Å². The third-order valence-corrected chi connectivity index (χ3v) is 7.39. The first kappa shape index (κ1) is 21.5. The first-order chi connectivity index (χ1) is 16.5. The van der Waals surface area contributed by atoms with Crippen LogP contribution >= 0.6 is 0 Å². The molecule has 1 saturated heterocycles. The van der Waals surface area contributed by atoms with Crippen LogP contribution in [-0.4, -0.2) is 37.5 Å². The van der Waals surface area contributed by atoms with Crippen LogP contribution in [0.5, 0.6) is 0 Å². The van der Waals surface area contributed by atoms with Crippen molar-refractivity contribution >= 4 is 27.8 Å². The summed E-state index contributed by atoms with van der Waals surface area (Å²) in [7, 11) is 0. The Morgan fingerprint density at radius 1 is 1.06 bits per heavy atom. The average molecular weight is 458 g/mol. The molecule has 0 radical (unpaired) electrons. The Morgan fingerprint density at radius 2 is 1.91 bits per heavy atom. The molecule has 1 aliphatic carbocycles. The van der Waals surface area contributed by atoms with Crippen molar-refractivity contribution in [2.75, 3.05) is 5.73 Å². The second-order valence-electron chi connectivity index (χ2n) is 10.1. The number of unbranched alkanes of at least 4 members (excludes halogenated alkanes) is 1. The summed E-state index contributed by atoms with van der Waals surface area (Å²) in [6, 6.07) is 12.7. The topological polar surface area (TPSA) is 88.1 Å². The molecule has 1 saturated carbocycles. The second-order valence-corrected chi connectivity index (χ2v) is 10.1. The SMILES string of the molecule is CC1(C)O[C@@H]2[C@@H](CCCCc3cnc4ccccc4c3)C[C@@H](n3ccc4c(N)ncnc43)[C@@H]2O1. The molecule has 0 spiro atoms. The van der Waals surface area contributed by atoms with Crippen molar-refractivity contribution in [2.24, 2.45) is 5.92 Å². The predicted octanol–water partition coefficient (Wildman–Crippen LogP) is 5.06. The van der Waals surface area contributed by atoms with Gasteiger partial charge in [0.2, 0.25) is 0 Å². The molecule has 2 fully saturated rings. The minimum absolute atomic E-state index is 0.0106. The first-order valence-corrected chi connectivity index (χ1v) is 12.2. The fourth-order valence-corrected chi connectivity index (χ4v) is 5.86. The van der Waals surface area contributed by atoms with Crippen molar-refractivity contribution < 1.29 is 9.47 Å². The maximum atomic E-state index is 6.41. The quantitative estimate of drug-likeness (QED) is 0.407. The molecule has 7 nitrogen and oxygen atoms in total. The van der Waals surface area contributed by atoms with E-state index in [1.165, 1.54) is 17.3 Å². The van der Waals surface area contributed by atoms with E-state index in [1.54, 1.807) is 0 Å². The Morgan fingerprint density at radius 3 is 2.82 bits per heavy atom. The van der Waals surface area contributed by atoms with Gasteiger partial charge in [0.05, 0.1) is 23.0 Å². The number of rotatable bonds is 6. The molecule has 2 N–H and O–H groups in total. The normalized spacial score (nSPS) is 25.8. The van der Waals surface area contributed by atoms with E-state index >= 15 is 0 Å². The van der Waals surface area contributed by atoms with Crippen molar-refractivity contribution in [3.63, 3.8) is 0 Å². The summed E-state index contributed by atoms with van der Waals surface area (Å²) in [5.41, 5.74) is 9.31. The number of benzene rings is 1. The summed E-state index contributed by atoms with van der Waals surface area (Å²) >= 11 is 0. The van der Waals surface area contributed by atoms with Gasteiger partial charge in [0.15, 0.2) is 5.79 Å². The first-order valence-electron chi connectivity index (χ1n) is 12.2. The van der Waals surface area contributed by atoms with Gasteiger partial charge in [-0.15, -0.1) is 0 Å². The summed E-state index contributed by atoms with van der Waals surface area (Å²) < 4.78 is 15.0. The highest BCUT2D eigenvalue weighted by molar-refractivity contribution is 5.86. The van der Waals surface area contributed by atoms with Crippen LogP contribution in [0.1, 0.15) is 51.1 Å². The minimum Gasteiger partial charge on any atom is -0.383 e. The lowest BCUT2D eigenvalue weighted by atomic mass is 9.96. The number of nitrogens with zero attached hydrogens (tertiary/aromatic N) is 4. The van der Waals surface area contributed by atoms with Crippen LogP contribution in [0.2, 0.25) is 0 Å². The van der Waals surface area contributed by atoms with Crippen LogP contribution in [0.4, 0.5) is 5.82 Å². The molecular weight excluding hydrogens is 426 g/mol. The van der Waals surface area contributed by atoms with E-state index in [0.29, 0.717) is 11.7 Å². The Labute approximate surface area is 199 Å². The number of aromatic nitrogens is 4. The Bertz CT molecular complexity index is 1330.